The second-order valence-corrected chi connectivity index (χ2v) is 11.1. The largest absolute Gasteiger partial charge is 0.494 e. The van der Waals surface area contributed by atoms with Crippen LogP contribution in [0.5, 0.6) is 5.75 Å². The summed E-state index contributed by atoms with van der Waals surface area (Å²) in [5.41, 5.74) is 1.78. The van der Waals surface area contributed by atoms with E-state index in [1.54, 1.807) is 12.1 Å². The number of rotatable bonds is 12. The zero-order chi connectivity index (χ0) is 30.1. The topological polar surface area (TPSA) is 80.2 Å². The number of halogens is 2. The number of hydrogen-bond acceptors (Lipinski definition) is 5. The van der Waals surface area contributed by atoms with E-state index in [0.29, 0.717) is 35.8 Å². The molecule has 0 aromatic heterocycles. The van der Waals surface area contributed by atoms with Crippen LogP contribution in [-0.4, -0.2) is 35.7 Å². The van der Waals surface area contributed by atoms with Crippen molar-refractivity contribution >= 4 is 33.8 Å². The Bertz CT molecular complexity index is 1580. The predicted octanol–water partition coefficient (Wildman–Crippen LogP) is 7.03. The molecule has 5 rings (SSSR count). The van der Waals surface area contributed by atoms with Crippen LogP contribution in [0.2, 0.25) is 0 Å². The fraction of sp³-hybridized carbons (Fsp3) is 0.200. The number of carbonyl (C=O) groups excluding carboxylic acids is 1. The van der Waals surface area contributed by atoms with Crippen LogP contribution in [0.15, 0.2) is 119 Å². The molecule has 220 valence electrons. The summed E-state index contributed by atoms with van der Waals surface area (Å²) in [5, 5.41) is 12.0. The first-order chi connectivity index (χ1) is 21.0. The van der Waals surface area contributed by atoms with E-state index in [-0.39, 0.29) is 31.3 Å². The SMILES string of the molecule is O=C(NCc1cccc(F)c1)[C@]1(C/C=C/c2ccccc2)N=C(c2ccc(OCCCO)cc2)O[C@@H]1c1ccc(Br)cc1. The van der Waals surface area contributed by atoms with E-state index < -0.39 is 11.6 Å². The molecule has 1 aliphatic heterocycles. The van der Waals surface area contributed by atoms with Crippen molar-refractivity contribution in [2.45, 2.75) is 31.0 Å². The fourth-order valence-electron chi connectivity index (χ4n) is 4.87. The highest BCUT2D eigenvalue weighted by Crippen LogP contribution is 2.43. The van der Waals surface area contributed by atoms with Gasteiger partial charge in [0.2, 0.25) is 5.90 Å². The van der Waals surface area contributed by atoms with Crippen molar-refractivity contribution in [1.29, 1.82) is 0 Å². The fourth-order valence-corrected chi connectivity index (χ4v) is 5.14. The van der Waals surface area contributed by atoms with Crippen LogP contribution in [0.4, 0.5) is 4.39 Å². The highest BCUT2D eigenvalue weighted by Gasteiger charge is 2.52. The number of nitrogens with zero attached hydrogens (tertiary/aromatic N) is 1. The van der Waals surface area contributed by atoms with Gasteiger partial charge in [0.15, 0.2) is 11.6 Å². The van der Waals surface area contributed by atoms with Gasteiger partial charge < -0.3 is 19.9 Å². The van der Waals surface area contributed by atoms with Crippen molar-refractivity contribution < 1.29 is 23.8 Å². The van der Waals surface area contributed by atoms with Gasteiger partial charge in [-0.25, -0.2) is 9.38 Å². The molecule has 1 aliphatic rings. The molecule has 0 bridgehead atoms. The van der Waals surface area contributed by atoms with Gasteiger partial charge in [-0.1, -0.05) is 82.7 Å². The first-order valence-electron chi connectivity index (χ1n) is 14.1. The summed E-state index contributed by atoms with van der Waals surface area (Å²) in [5.74, 6) is 0.295. The summed E-state index contributed by atoms with van der Waals surface area (Å²) in [4.78, 5) is 19.2. The van der Waals surface area contributed by atoms with Gasteiger partial charge in [0, 0.05) is 36.0 Å². The number of ether oxygens (including phenoxy) is 2. The van der Waals surface area contributed by atoms with Gasteiger partial charge in [-0.15, -0.1) is 0 Å². The van der Waals surface area contributed by atoms with E-state index in [1.165, 1.54) is 12.1 Å². The van der Waals surface area contributed by atoms with Crippen LogP contribution < -0.4 is 10.1 Å². The maximum Gasteiger partial charge on any atom is 0.252 e. The quantitative estimate of drug-likeness (QED) is 0.163. The van der Waals surface area contributed by atoms with Crippen LogP contribution in [0.25, 0.3) is 6.08 Å². The molecular weight excluding hydrogens is 611 g/mol. The Balaban J connectivity index is 1.52. The number of benzene rings is 4. The molecule has 0 spiro atoms. The zero-order valence-electron chi connectivity index (χ0n) is 23.5. The van der Waals surface area contributed by atoms with E-state index in [1.807, 2.05) is 91.0 Å². The smallest absolute Gasteiger partial charge is 0.252 e. The molecule has 1 heterocycles. The average molecular weight is 644 g/mol. The van der Waals surface area contributed by atoms with Crippen molar-refractivity contribution in [3.63, 3.8) is 0 Å². The average Bonchev–Trinajstić information content (AvgIpc) is 3.42. The van der Waals surface area contributed by atoms with Gasteiger partial charge in [-0.2, -0.15) is 0 Å². The Morgan fingerprint density at radius 3 is 2.51 bits per heavy atom. The van der Waals surface area contributed by atoms with Gasteiger partial charge in [0.25, 0.3) is 5.91 Å². The van der Waals surface area contributed by atoms with Crippen molar-refractivity contribution in [3.05, 3.63) is 142 Å². The minimum Gasteiger partial charge on any atom is -0.494 e. The van der Waals surface area contributed by atoms with Crippen molar-refractivity contribution in [3.8, 4) is 5.75 Å². The van der Waals surface area contributed by atoms with E-state index in [0.717, 1.165) is 15.6 Å². The van der Waals surface area contributed by atoms with Gasteiger partial charge in [-0.3, -0.25) is 4.79 Å². The summed E-state index contributed by atoms with van der Waals surface area (Å²) in [6.45, 7) is 0.599. The minimum atomic E-state index is -1.35. The maximum absolute atomic E-state index is 14.2. The monoisotopic (exact) mass is 642 g/mol. The van der Waals surface area contributed by atoms with Crippen LogP contribution in [0.3, 0.4) is 0 Å². The second kappa shape index (κ2) is 14.3. The Labute approximate surface area is 259 Å². The van der Waals surface area contributed by atoms with Crippen molar-refractivity contribution in [2.75, 3.05) is 13.2 Å². The number of aliphatic hydroxyl groups is 1. The third-order valence-electron chi connectivity index (χ3n) is 7.08. The lowest BCUT2D eigenvalue weighted by Gasteiger charge is -2.30. The molecule has 2 N–H and O–H groups in total. The predicted molar refractivity (Wildman–Crippen MR) is 169 cm³/mol. The number of amides is 1. The molecule has 0 radical (unpaired) electrons. The van der Waals surface area contributed by atoms with Gasteiger partial charge >= 0.3 is 0 Å². The Morgan fingerprint density at radius 2 is 1.79 bits per heavy atom. The Hall–Kier alpha value is -4.27. The van der Waals surface area contributed by atoms with E-state index >= 15 is 0 Å². The number of nitrogens with one attached hydrogen (secondary N) is 1. The molecule has 4 aromatic carbocycles. The molecule has 4 aromatic rings. The zero-order valence-corrected chi connectivity index (χ0v) is 25.0. The molecule has 6 nitrogen and oxygen atoms in total. The third-order valence-corrected chi connectivity index (χ3v) is 7.61. The maximum atomic E-state index is 14.2. The lowest BCUT2D eigenvalue weighted by atomic mass is 9.84. The van der Waals surface area contributed by atoms with E-state index in [9.17, 15) is 9.18 Å². The normalized spacial score (nSPS) is 17.8. The number of carbonyl (C=O) groups is 1. The van der Waals surface area contributed by atoms with Gasteiger partial charge in [-0.05, 0) is 65.2 Å². The first kappa shape index (κ1) is 30.2. The number of aliphatic hydroxyl groups excluding tert-OH is 1. The van der Waals surface area contributed by atoms with Crippen LogP contribution >= 0.6 is 15.9 Å². The summed E-state index contributed by atoms with van der Waals surface area (Å²) < 4.78 is 27.0. The van der Waals surface area contributed by atoms with Gasteiger partial charge in [0.1, 0.15) is 11.6 Å². The number of aliphatic imine (C=N–C) groups is 1. The molecule has 8 heteroatoms. The summed E-state index contributed by atoms with van der Waals surface area (Å²) in [6.07, 6.45) is 3.96. The molecule has 2 atom stereocenters. The van der Waals surface area contributed by atoms with Crippen molar-refractivity contribution in [2.24, 2.45) is 4.99 Å². The second-order valence-electron chi connectivity index (χ2n) is 10.2. The highest BCUT2D eigenvalue weighted by molar-refractivity contribution is 9.10. The molecule has 0 aliphatic carbocycles. The molecule has 0 saturated carbocycles. The van der Waals surface area contributed by atoms with Crippen LogP contribution in [0.1, 0.15) is 41.2 Å². The lowest BCUT2D eigenvalue weighted by molar-refractivity contribution is -0.129. The molecule has 0 saturated heterocycles. The van der Waals surface area contributed by atoms with Crippen LogP contribution in [-0.2, 0) is 16.1 Å². The Morgan fingerprint density at radius 1 is 1.02 bits per heavy atom. The third kappa shape index (κ3) is 7.58. The Kier molecular flexibility index (Phi) is 10.0. The molecule has 1 amide bonds. The summed E-state index contributed by atoms with van der Waals surface area (Å²) >= 11 is 3.50. The number of hydrogen-bond donors (Lipinski definition) is 2. The first-order valence-corrected chi connectivity index (χ1v) is 14.9. The minimum absolute atomic E-state index is 0.0578. The molecule has 43 heavy (non-hydrogen) atoms. The van der Waals surface area contributed by atoms with Gasteiger partial charge in [0.05, 0.1) is 6.61 Å². The van der Waals surface area contributed by atoms with Crippen LogP contribution in [0, 0.1) is 5.82 Å². The lowest BCUT2D eigenvalue weighted by Crippen LogP contribution is -2.47. The molecular formula is C35H32BrFN2O4. The summed E-state index contributed by atoms with van der Waals surface area (Å²) in [6, 6.07) is 30.9. The van der Waals surface area contributed by atoms with E-state index in [2.05, 4.69) is 21.2 Å². The summed E-state index contributed by atoms with van der Waals surface area (Å²) in [7, 11) is 0. The highest BCUT2D eigenvalue weighted by atomic mass is 79.9. The van der Waals surface area contributed by atoms with Crippen molar-refractivity contribution in [1.82, 2.24) is 5.32 Å². The molecule has 0 fully saturated rings. The standard InChI is InChI=1S/C35H32BrFN2O4/c36-29-16-12-27(13-17-29)32-35(20-5-10-25-7-2-1-3-8-25,34(41)38-24-26-9-4-11-30(37)23-26)39-33(43-32)28-14-18-31(19-15-28)42-22-6-21-40/h1-5,7-19,23,32,40H,6,20-22,24H2,(H,38,41)/b10-5+/t32-,35-/m1/s1. The molecule has 0 unspecified atom stereocenters. The van der Waals surface area contributed by atoms with E-state index in [4.69, 9.17) is 19.6 Å².